The van der Waals surface area contributed by atoms with Gasteiger partial charge < -0.3 is 5.11 Å². The highest BCUT2D eigenvalue weighted by molar-refractivity contribution is 5.69. The Bertz CT molecular complexity index is 543. The maximum absolute atomic E-state index is 10.7. The van der Waals surface area contributed by atoms with Crippen LogP contribution in [0.25, 0.3) is 5.69 Å². The Labute approximate surface area is 97.7 Å². The molecule has 2 heterocycles. The van der Waals surface area contributed by atoms with Crippen molar-refractivity contribution in [2.75, 3.05) is 0 Å². The van der Waals surface area contributed by atoms with Crippen molar-refractivity contribution in [3.05, 3.63) is 23.8 Å². The number of hydrogen-bond donors (Lipinski definition) is 1. The highest BCUT2D eigenvalue weighted by Crippen LogP contribution is 2.14. The van der Waals surface area contributed by atoms with Crippen LogP contribution in [0.1, 0.15) is 18.3 Å². The molecular weight excluding hydrogens is 222 g/mol. The first-order valence-electron chi connectivity index (χ1n) is 5.26. The zero-order chi connectivity index (χ0) is 12.4. The van der Waals surface area contributed by atoms with Gasteiger partial charge in [-0.1, -0.05) is 12.1 Å². The van der Waals surface area contributed by atoms with E-state index in [1.807, 2.05) is 14.0 Å². The van der Waals surface area contributed by atoms with Crippen molar-refractivity contribution in [3.63, 3.8) is 0 Å². The SMILES string of the molecule is CCc1nn(C)cc1-n1nncc1CC(=O)O. The quantitative estimate of drug-likeness (QED) is 0.817. The predicted molar refractivity (Wildman–Crippen MR) is 58.8 cm³/mol. The van der Waals surface area contributed by atoms with Gasteiger partial charge in [-0.05, 0) is 6.42 Å². The maximum Gasteiger partial charge on any atom is 0.309 e. The summed E-state index contributed by atoms with van der Waals surface area (Å²) in [5, 5.41) is 20.7. The third kappa shape index (κ3) is 2.17. The Morgan fingerprint density at radius 3 is 2.94 bits per heavy atom. The van der Waals surface area contributed by atoms with Crippen molar-refractivity contribution < 1.29 is 9.90 Å². The molecule has 0 aliphatic heterocycles. The predicted octanol–water partition coefficient (Wildman–Crippen LogP) is 0.190. The first-order valence-corrected chi connectivity index (χ1v) is 5.26. The number of carbonyl (C=O) groups is 1. The molecule has 0 saturated heterocycles. The second-order valence-electron chi connectivity index (χ2n) is 3.70. The fraction of sp³-hybridized carbons (Fsp3) is 0.400. The number of nitrogens with zero attached hydrogens (tertiary/aromatic N) is 5. The van der Waals surface area contributed by atoms with E-state index in [0.29, 0.717) is 5.69 Å². The topological polar surface area (TPSA) is 85.8 Å². The van der Waals surface area contributed by atoms with Crippen LogP contribution in [-0.4, -0.2) is 35.9 Å². The van der Waals surface area contributed by atoms with Crippen LogP contribution in [0.5, 0.6) is 0 Å². The van der Waals surface area contributed by atoms with Gasteiger partial charge >= 0.3 is 5.97 Å². The van der Waals surface area contributed by atoms with Crippen LogP contribution in [0.15, 0.2) is 12.4 Å². The summed E-state index contributed by atoms with van der Waals surface area (Å²) in [7, 11) is 1.82. The van der Waals surface area contributed by atoms with Crippen LogP contribution in [0, 0.1) is 0 Å². The van der Waals surface area contributed by atoms with Crippen LogP contribution in [0.4, 0.5) is 0 Å². The molecule has 2 aromatic rings. The van der Waals surface area contributed by atoms with Gasteiger partial charge in [0, 0.05) is 7.05 Å². The maximum atomic E-state index is 10.7. The van der Waals surface area contributed by atoms with Gasteiger partial charge in [0.05, 0.1) is 30.2 Å². The van der Waals surface area contributed by atoms with E-state index < -0.39 is 5.97 Å². The molecule has 7 nitrogen and oxygen atoms in total. The minimum Gasteiger partial charge on any atom is -0.481 e. The molecule has 0 bridgehead atoms. The largest absolute Gasteiger partial charge is 0.481 e. The minimum absolute atomic E-state index is 0.106. The standard InChI is InChI=1S/C10H13N5O2/c1-3-8-9(6-14(2)12-8)15-7(4-10(16)17)5-11-13-15/h5-6H,3-4H2,1-2H3,(H,16,17). The van der Waals surface area contributed by atoms with E-state index in [4.69, 9.17) is 5.11 Å². The number of aliphatic carboxylic acids is 1. The molecule has 0 aliphatic carbocycles. The van der Waals surface area contributed by atoms with E-state index in [2.05, 4.69) is 15.4 Å². The van der Waals surface area contributed by atoms with Gasteiger partial charge in [0.1, 0.15) is 5.69 Å². The highest BCUT2D eigenvalue weighted by Gasteiger charge is 2.14. The molecule has 0 amide bonds. The van der Waals surface area contributed by atoms with Crippen molar-refractivity contribution in [2.45, 2.75) is 19.8 Å². The molecule has 17 heavy (non-hydrogen) atoms. The molecule has 2 rings (SSSR count). The molecule has 1 N–H and O–H groups in total. The Morgan fingerprint density at radius 1 is 1.53 bits per heavy atom. The first kappa shape index (κ1) is 11.3. The van der Waals surface area contributed by atoms with E-state index in [9.17, 15) is 4.79 Å². The van der Waals surface area contributed by atoms with Crippen LogP contribution in [-0.2, 0) is 24.7 Å². The molecule has 0 radical (unpaired) electrons. The summed E-state index contributed by atoms with van der Waals surface area (Å²) in [6, 6.07) is 0. The number of carboxylic acid groups (broad SMARTS) is 1. The number of aryl methyl sites for hydroxylation is 2. The van der Waals surface area contributed by atoms with Gasteiger partial charge in [-0.2, -0.15) is 5.10 Å². The Hall–Kier alpha value is -2.18. The van der Waals surface area contributed by atoms with Gasteiger partial charge in [0.2, 0.25) is 0 Å². The summed E-state index contributed by atoms with van der Waals surface area (Å²) in [5.41, 5.74) is 2.19. The van der Waals surface area contributed by atoms with Gasteiger partial charge in [-0.3, -0.25) is 9.48 Å². The second kappa shape index (κ2) is 4.36. The molecule has 0 unspecified atom stereocenters. The second-order valence-corrected chi connectivity index (χ2v) is 3.70. The third-order valence-electron chi connectivity index (χ3n) is 2.40. The number of hydrogen-bond acceptors (Lipinski definition) is 4. The van der Waals surface area contributed by atoms with Gasteiger partial charge in [-0.25, -0.2) is 4.68 Å². The van der Waals surface area contributed by atoms with Crippen molar-refractivity contribution in [1.29, 1.82) is 0 Å². The van der Waals surface area contributed by atoms with Crippen molar-refractivity contribution in [3.8, 4) is 5.69 Å². The van der Waals surface area contributed by atoms with E-state index in [0.717, 1.165) is 17.8 Å². The van der Waals surface area contributed by atoms with E-state index >= 15 is 0 Å². The summed E-state index contributed by atoms with van der Waals surface area (Å²) in [4.78, 5) is 10.7. The molecule has 0 fully saturated rings. The first-order chi connectivity index (χ1) is 8.11. The molecule has 7 heteroatoms. The van der Waals surface area contributed by atoms with Crippen molar-refractivity contribution in [2.24, 2.45) is 7.05 Å². The number of rotatable bonds is 4. The fourth-order valence-corrected chi connectivity index (χ4v) is 1.69. The molecule has 0 aliphatic rings. The summed E-state index contributed by atoms with van der Waals surface area (Å²) < 4.78 is 3.21. The average Bonchev–Trinajstić information content (AvgIpc) is 2.83. The third-order valence-corrected chi connectivity index (χ3v) is 2.40. The zero-order valence-electron chi connectivity index (χ0n) is 9.66. The summed E-state index contributed by atoms with van der Waals surface area (Å²) in [6.07, 6.45) is 3.91. The fourth-order valence-electron chi connectivity index (χ4n) is 1.69. The van der Waals surface area contributed by atoms with Crippen LogP contribution in [0.2, 0.25) is 0 Å². The smallest absolute Gasteiger partial charge is 0.309 e. The monoisotopic (exact) mass is 235 g/mol. The molecular formula is C10H13N5O2. The Morgan fingerprint density at radius 2 is 2.29 bits per heavy atom. The summed E-state index contributed by atoms with van der Waals surface area (Å²) in [6.45, 7) is 1.99. The average molecular weight is 235 g/mol. The normalized spacial score (nSPS) is 10.7. The molecule has 0 saturated carbocycles. The molecule has 90 valence electrons. The van der Waals surface area contributed by atoms with Crippen LogP contribution in [0.3, 0.4) is 0 Å². The van der Waals surface area contributed by atoms with Gasteiger partial charge in [-0.15, -0.1) is 5.10 Å². The number of carboxylic acids is 1. The lowest BCUT2D eigenvalue weighted by molar-refractivity contribution is -0.136. The summed E-state index contributed by atoms with van der Waals surface area (Å²) in [5.74, 6) is -0.907. The van der Waals surface area contributed by atoms with E-state index in [1.165, 1.54) is 10.9 Å². The van der Waals surface area contributed by atoms with E-state index in [-0.39, 0.29) is 6.42 Å². The minimum atomic E-state index is -0.907. The Kier molecular flexibility index (Phi) is 2.90. The summed E-state index contributed by atoms with van der Waals surface area (Å²) >= 11 is 0. The molecule has 2 aromatic heterocycles. The van der Waals surface area contributed by atoms with Gasteiger partial charge in [0.15, 0.2) is 0 Å². The van der Waals surface area contributed by atoms with Crippen LogP contribution >= 0.6 is 0 Å². The lowest BCUT2D eigenvalue weighted by Crippen LogP contribution is -2.08. The lowest BCUT2D eigenvalue weighted by Gasteiger charge is -2.02. The molecule has 0 atom stereocenters. The lowest BCUT2D eigenvalue weighted by atomic mass is 10.2. The molecule has 0 spiro atoms. The Balaban J connectivity index is 2.45. The number of aromatic nitrogens is 5. The van der Waals surface area contributed by atoms with Crippen molar-refractivity contribution in [1.82, 2.24) is 24.8 Å². The van der Waals surface area contributed by atoms with Gasteiger partial charge in [0.25, 0.3) is 0 Å². The highest BCUT2D eigenvalue weighted by atomic mass is 16.4. The van der Waals surface area contributed by atoms with Crippen LogP contribution < -0.4 is 0 Å². The molecule has 0 aromatic carbocycles. The van der Waals surface area contributed by atoms with E-state index in [1.54, 1.807) is 10.9 Å². The zero-order valence-corrected chi connectivity index (χ0v) is 9.66. The van der Waals surface area contributed by atoms with Crippen molar-refractivity contribution >= 4 is 5.97 Å².